The fourth-order valence-corrected chi connectivity index (χ4v) is 2.40. The maximum absolute atomic E-state index is 5.64. The Morgan fingerprint density at radius 1 is 1.17 bits per heavy atom. The van der Waals surface area contributed by atoms with Crippen molar-refractivity contribution in [2.75, 3.05) is 11.1 Å². The third kappa shape index (κ3) is 2.26. The molecule has 0 aliphatic carbocycles. The molecular weight excluding hydrogens is 244 g/mol. The van der Waals surface area contributed by atoms with Gasteiger partial charge in [0.05, 0.1) is 0 Å². The van der Waals surface area contributed by atoms with Crippen molar-refractivity contribution in [2.24, 2.45) is 0 Å². The summed E-state index contributed by atoms with van der Waals surface area (Å²) in [5.74, 6) is 0.654. The number of nitrogens with two attached hydrogens (primary N) is 1. The third-order valence-corrected chi connectivity index (χ3v) is 3.46. The number of anilines is 2. The minimum atomic E-state index is 0.654. The van der Waals surface area contributed by atoms with Crippen molar-refractivity contribution >= 4 is 33.2 Å². The summed E-state index contributed by atoms with van der Waals surface area (Å²) in [5.41, 5.74) is 7.57. The van der Waals surface area contributed by atoms with Gasteiger partial charge < -0.3 is 11.1 Å². The van der Waals surface area contributed by atoms with Crippen LogP contribution in [0.4, 0.5) is 11.6 Å². The van der Waals surface area contributed by atoms with Gasteiger partial charge in [0, 0.05) is 23.8 Å². The quantitative estimate of drug-likeness (QED) is 0.707. The van der Waals surface area contributed by atoms with Crippen molar-refractivity contribution in [3.8, 4) is 0 Å². The van der Waals surface area contributed by atoms with Crippen LogP contribution in [0.2, 0.25) is 0 Å². The zero-order valence-electron chi connectivity index (χ0n) is 9.63. The van der Waals surface area contributed by atoms with Gasteiger partial charge in [-0.1, -0.05) is 12.1 Å². The van der Waals surface area contributed by atoms with Crippen LogP contribution in [0.1, 0.15) is 5.56 Å². The van der Waals surface area contributed by atoms with E-state index in [1.54, 1.807) is 11.3 Å². The molecule has 4 nitrogen and oxygen atoms in total. The standard InChI is InChI=1S/C13H12N4S/c14-11-3-1-9(2-4-11)7-15-13-16-8-10-5-6-18-12(10)17-13/h1-6,8H,7,14H2,(H,15,16,17). The Bertz CT molecular complexity index is 660. The number of nitrogen functional groups attached to an aromatic ring is 1. The fourth-order valence-electron chi connectivity index (χ4n) is 1.66. The van der Waals surface area contributed by atoms with E-state index in [-0.39, 0.29) is 0 Å². The molecule has 0 spiro atoms. The number of aromatic nitrogens is 2. The average Bonchev–Trinajstić information content (AvgIpc) is 2.85. The molecule has 3 N–H and O–H groups in total. The summed E-state index contributed by atoms with van der Waals surface area (Å²) in [4.78, 5) is 9.72. The molecule has 2 heterocycles. The second-order valence-electron chi connectivity index (χ2n) is 3.97. The number of thiophene rings is 1. The lowest BCUT2D eigenvalue weighted by Crippen LogP contribution is -2.03. The Kier molecular flexibility index (Phi) is 2.82. The van der Waals surface area contributed by atoms with Gasteiger partial charge in [-0.2, -0.15) is 0 Å². The van der Waals surface area contributed by atoms with Gasteiger partial charge in [0.15, 0.2) is 0 Å². The zero-order valence-corrected chi connectivity index (χ0v) is 10.4. The lowest BCUT2D eigenvalue weighted by Gasteiger charge is -2.04. The lowest BCUT2D eigenvalue weighted by molar-refractivity contribution is 1.07. The second-order valence-corrected chi connectivity index (χ2v) is 4.86. The molecule has 0 aliphatic rings. The highest BCUT2D eigenvalue weighted by Gasteiger charge is 2.00. The van der Waals surface area contributed by atoms with Crippen molar-refractivity contribution in [1.29, 1.82) is 0 Å². The predicted octanol–water partition coefficient (Wildman–Crippen LogP) is 2.89. The van der Waals surface area contributed by atoms with Crippen LogP contribution in [0.5, 0.6) is 0 Å². The second kappa shape index (κ2) is 4.62. The molecule has 0 saturated carbocycles. The summed E-state index contributed by atoms with van der Waals surface area (Å²) >= 11 is 1.62. The fraction of sp³-hybridized carbons (Fsp3) is 0.0769. The number of hydrogen-bond acceptors (Lipinski definition) is 5. The van der Waals surface area contributed by atoms with E-state index in [1.165, 1.54) is 0 Å². The number of hydrogen-bond donors (Lipinski definition) is 2. The smallest absolute Gasteiger partial charge is 0.224 e. The first-order valence-corrected chi connectivity index (χ1v) is 6.48. The number of benzene rings is 1. The Labute approximate surface area is 109 Å². The van der Waals surface area contributed by atoms with Crippen LogP contribution in [0, 0.1) is 0 Å². The lowest BCUT2D eigenvalue weighted by atomic mass is 10.2. The summed E-state index contributed by atoms with van der Waals surface area (Å²) in [6.07, 6.45) is 1.84. The van der Waals surface area contributed by atoms with Crippen LogP contribution in [0.25, 0.3) is 10.2 Å². The number of nitrogens with zero attached hydrogens (tertiary/aromatic N) is 2. The van der Waals surface area contributed by atoms with Crippen molar-refractivity contribution in [1.82, 2.24) is 9.97 Å². The Balaban J connectivity index is 1.74. The van der Waals surface area contributed by atoms with Gasteiger partial charge >= 0.3 is 0 Å². The van der Waals surface area contributed by atoms with E-state index in [4.69, 9.17) is 5.73 Å². The molecule has 0 bridgehead atoms. The normalized spacial score (nSPS) is 10.7. The Hall–Kier alpha value is -2.14. The van der Waals surface area contributed by atoms with Gasteiger partial charge in [-0.3, -0.25) is 0 Å². The SMILES string of the molecule is Nc1ccc(CNc2ncc3ccsc3n2)cc1. The van der Waals surface area contributed by atoms with Crippen molar-refractivity contribution < 1.29 is 0 Å². The average molecular weight is 256 g/mol. The molecule has 3 rings (SSSR count). The summed E-state index contributed by atoms with van der Waals surface area (Å²) in [6, 6.07) is 9.78. The molecule has 0 fully saturated rings. The van der Waals surface area contributed by atoms with Crippen LogP contribution in [0.3, 0.4) is 0 Å². The molecule has 0 amide bonds. The molecule has 0 atom stereocenters. The predicted molar refractivity (Wildman–Crippen MR) is 75.6 cm³/mol. The largest absolute Gasteiger partial charge is 0.399 e. The molecule has 18 heavy (non-hydrogen) atoms. The molecule has 5 heteroatoms. The molecule has 0 unspecified atom stereocenters. The molecule has 0 aliphatic heterocycles. The van der Waals surface area contributed by atoms with E-state index in [1.807, 2.05) is 41.9 Å². The van der Waals surface area contributed by atoms with E-state index < -0.39 is 0 Å². The molecule has 0 radical (unpaired) electrons. The van der Waals surface area contributed by atoms with Gasteiger partial charge in [0.1, 0.15) is 4.83 Å². The first-order valence-electron chi connectivity index (χ1n) is 5.60. The Morgan fingerprint density at radius 2 is 2.00 bits per heavy atom. The van der Waals surface area contributed by atoms with Gasteiger partial charge in [-0.15, -0.1) is 11.3 Å². The van der Waals surface area contributed by atoms with Crippen LogP contribution in [-0.2, 0) is 6.54 Å². The van der Waals surface area contributed by atoms with Crippen molar-refractivity contribution in [3.63, 3.8) is 0 Å². The van der Waals surface area contributed by atoms with Gasteiger partial charge in [0.25, 0.3) is 0 Å². The number of fused-ring (bicyclic) bond motifs is 1. The third-order valence-electron chi connectivity index (χ3n) is 2.64. The first-order chi connectivity index (χ1) is 8.81. The molecule has 0 saturated heterocycles. The summed E-state index contributed by atoms with van der Waals surface area (Å²) in [6.45, 7) is 0.692. The highest BCUT2D eigenvalue weighted by molar-refractivity contribution is 7.16. The van der Waals surface area contributed by atoms with Crippen molar-refractivity contribution in [3.05, 3.63) is 47.5 Å². The number of nitrogens with one attached hydrogen (secondary N) is 1. The van der Waals surface area contributed by atoms with E-state index in [2.05, 4.69) is 15.3 Å². The van der Waals surface area contributed by atoms with Gasteiger partial charge in [0.2, 0.25) is 5.95 Å². The summed E-state index contributed by atoms with van der Waals surface area (Å²) < 4.78 is 0. The molecule has 1 aromatic carbocycles. The topological polar surface area (TPSA) is 63.8 Å². The van der Waals surface area contributed by atoms with Crippen molar-refractivity contribution in [2.45, 2.75) is 6.54 Å². The highest BCUT2D eigenvalue weighted by atomic mass is 32.1. The van der Waals surface area contributed by atoms with E-state index in [0.29, 0.717) is 12.5 Å². The van der Waals surface area contributed by atoms with Crippen LogP contribution in [0.15, 0.2) is 41.9 Å². The maximum atomic E-state index is 5.64. The monoisotopic (exact) mass is 256 g/mol. The maximum Gasteiger partial charge on any atom is 0.224 e. The Morgan fingerprint density at radius 3 is 2.83 bits per heavy atom. The molecule has 2 aromatic heterocycles. The van der Waals surface area contributed by atoms with Crippen LogP contribution in [-0.4, -0.2) is 9.97 Å². The van der Waals surface area contributed by atoms with E-state index in [9.17, 15) is 0 Å². The van der Waals surface area contributed by atoms with Gasteiger partial charge in [-0.05, 0) is 29.1 Å². The molecule has 90 valence electrons. The zero-order chi connectivity index (χ0) is 12.4. The highest BCUT2D eigenvalue weighted by Crippen LogP contribution is 2.18. The first kappa shape index (κ1) is 11.0. The van der Waals surface area contributed by atoms with Crippen LogP contribution >= 0.6 is 11.3 Å². The summed E-state index contributed by atoms with van der Waals surface area (Å²) in [7, 11) is 0. The number of rotatable bonds is 3. The van der Waals surface area contributed by atoms with E-state index in [0.717, 1.165) is 21.5 Å². The minimum Gasteiger partial charge on any atom is -0.399 e. The minimum absolute atomic E-state index is 0.654. The molecule has 3 aromatic rings. The van der Waals surface area contributed by atoms with Gasteiger partial charge in [-0.25, -0.2) is 9.97 Å². The van der Waals surface area contributed by atoms with Crippen LogP contribution < -0.4 is 11.1 Å². The van der Waals surface area contributed by atoms with E-state index >= 15 is 0 Å². The molecular formula is C13H12N4S. The summed E-state index contributed by atoms with van der Waals surface area (Å²) in [5, 5.41) is 6.30.